The minimum atomic E-state index is -1.37. The lowest BCUT2D eigenvalue weighted by Crippen LogP contribution is -2.16. The molecule has 100 valence electrons. The van der Waals surface area contributed by atoms with Crippen molar-refractivity contribution in [1.29, 1.82) is 0 Å². The minimum absolute atomic E-state index is 0.135. The Balaban J connectivity index is 2.70. The molecule has 0 aliphatic rings. The molecule has 3 heteroatoms. The van der Waals surface area contributed by atoms with Crippen molar-refractivity contribution in [2.24, 2.45) is 0 Å². The molecule has 0 bridgehead atoms. The summed E-state index contributed by atoms with van der Waals surface area (Å²) >= 11 is 0. The van der Waals surface area contributed by atoms with Crippen LogP contribution in [0.2, 0.25) is 19.6 Å². The number of ketones is 1. The van der Waals surface area contributed by atoms with Gasteiger partial charge in [-0.3, -0.25) is 4.79 Å². The smallest absolute Gasteiger partial charge is 0.164 e. The number of Topliss-reactive ketones (excluding diaryl/α,β-unsaturated/α-hetero) is 1. The fourth-order valence-electron chi connectivity index (χ4n) is 1.41. The number of pyridine rings is 1. The first kappa shape index (κ1) is 15.4. The van der Waals surface area contributed by atoms with Crippen molar-refractivity contribution in [2.75, 3.05) is 0 Å². The number of carbonyl (C=O) groups excluding carboxylic acids is 1. The van der Waals surface area contributed by atoms with Crippen LogP contribution >= 0.6 is 0 Å². The van der Waals surface area contributed by atoms with Gasteiger partial charge in [0.1, 0.15) is 13.8 Å². The molecule has 0 spiro atoms. The van der Waals surface area contributed by atoms with E-state index in [9.17, 15) is 4.79 Å². The summed E-state index contributed by atoms with van der Waals surface area (Å²) in [6.45, 7) is 8.54. The number of rotatable bonds is 4. The van der Waals surface area contributed by atoms with Crippen LogP contribution in [0.3, 0.4) is 0 Å². The molecule has 1 heterocycles. The van der Waals surface area contributed by atoms with Crippen LogP contribution in [0.1, 0.15) is 35.8 Å². The van der Waals surface area contributed by atoms with E-state index in [0.717, 1.165) is 12.1 Å². The molecular weight excluding hydrogens is 250 g/mol. The lowest BCUT2D eigenvalue weighted by Gasteiger charge is -2.03. The number of allylic oxidation sites excluding steroid dienone is 2. The molecule has 19 heavy (non-hydrogen) atoms. The summed E-state index contributed by atoms with van der Waals surface area (Å²) in [5.74, 6) is 3.22. The quantitative estimate of drug-likeness (QED) is 0.360. The fraction of sp³-hybridized carbons (Fsp3) is 0.375. The van der Waals surface area contributed by atoms with E-state index in [2.05, 4.69) is 36.1 Å². The molecular formula is C16H21NOSi. The summed E-state index contributed by atoms with van der Waals surface area (Å²) in [6.07, 6.45) is 6.91. The first-order valence-corrected chi connectivity index (χ1v) is 10.1. The topological polar surface area (TPSA) is 30.0 Å². The minimum Gasteiger partial charge on any atom is -0.294 e. The Hall–Kier alpha value is -1.66. The van der Waals surface area contributed by atoms with Crippen LogP contribution in [0.25, 0.3) is 0 Å². The van der Waals surface area contributed by atoms with E-state index < -0.39 is 8.07 Å². The molecule has 0 aromatic carbocycles. The summed E-state index contributed by atoms with van der Waals surface area (Å²) in [6, 6.07) is 3.65. The molecule has 1 rings (SSSR count). The van der Waals surface area contributed by atoms with Crippen LogP contribution in [0.15, 0.2) is 30.5 Å². The summed E-state index contributed by atoms with van der Waals surface area (Å²) in [5, 5.41) is 0. The highest BCUT2D eigenvalue weighted by atomic mass is 28.3. The largest absolute Gasteiger partial charge is 0.294 e. The number of carbonyl (C=O) groups is 1. The molecule has 0 N–H and O–H groups in total. The van der Waals surface area contributed by atoms with Crippen molar-refractivity contribution >= 4 is 13.9 Å². The zero-order valence-electron chi connectivity index (χ0n) is 12.2. The van der Waals surface area contributed by atoms with Crippen LogP contribution in [0.5, 0.6) is 0 Å². The van der Waals surface area contributed by atoms with Gasteiger partial charge in [-0.05, 0) is 25.5 Å². The van der Waals surface area contributed by atoms with E-state index >= 15 is 0 Å². The second-order valence-electron chi connectivity index (χ2n) is 5.46. The Morgan fingerprint density at radius 3 is 2.63 bits per heavy atom. The molecule has 0 saturated carbocycles. The predicted molar refractivity (Wildman–Crippen MR) is 82.8 cm³/mol. The van der Waals surface area contributed by atoms with Crippen molar-refractivity contribution in [2.45, 2.75) is 39.4 Å². The van der Waals surface area contributed by atoms with Crippen molar-refractivity contribution in [3.8, 4) is 11.5 Å². The lowest BCUT2D eigenvalue weighted by molar-refractivity contribution is 0.0983. The van der Waals surface area contributed by atoms with Crippen molar-refractivity contribution < 1.29 is 4.79 Å². The van der Waals surface area contributed by atoms with Gasteiger partial charge in [-0.15, -0.1) is 5.54 Å². The zero-order valence-corrected chi connectivity index (χ0v) is 13.2. The predicted octanol–water partition coefficient (Wildman–Crippen LogP) is 3.85. The molecule has 0 saturated heterocycles. The molecule has 2 nitrogen and oxygen atoms in total. The Morgan fingerprint density at radius 1 is 1.37 bits per heavy atom. The van der Waals surface area contributed by atoms with Crippen molar-refractivity contribution in [1.82, 2.24) is 4.98 Å². The maximum Gasteiger partial charge on any atom is 0.164 e. The van der Waals surface area contributed by atoms with Crippen LogP contribution < -0.4 is 0 Å². The van der Waals surface area contributed by atoms with Gasteiger partial charge in [-0.1, -0.05) is 37.7 Å². The second-order valence-corrected chi connectivity index (χ2v) is 10.2. The van der Waals surface area contributed by atoms with Crippen LogP contribution in [0, 0.1) is 11.5 Å². The van der Waals surface area contributed by atoms with Gasteiger partial charge in [0.2, 0.25) is 0 Å². The van der Waals surface area contributed by atoms with Crippen molar-refractivity contribution in [3.05, 3.63) is 41.7 Å². The first-order valence-electron chi connectivity index (χ1n) is 6.56. The molecule has 1 aromatic rings. The third-order valence-corrected chi connectivity index (χ3v) is 3.30. The summed E-state index contributed by atoms with van der Waals surface area (Å²) < 4.78 is 0. The van der Waals surface area contributed by atoms with E-state index in [1.807, 2.05) is 31.2 Å². The van der Waals surface area contributed by atoms with Crippen LogP contribution in [-0.2, 0) is 0 Å². The van der Waals surface area contributed by atoms with Gasteiger partial charge < -0.3 is 0 Å². The number of hydrogen-bond acceptors (Lipinski definition) is 2. The standard InChI is InChI=1S/C16H21NOSi/c1-5-6-7-8-16(18)14-9-10-15(17-13-14)11-12-19(2,3)4/h5-6,9-10,13H,7-8H2,1-4H3. The van der Waals surface area contributed by atoms with Crippen LogP contribution in [-0.4, -0.2) is 18.8 Å². The molecule has 0 fully saturated rings. The van der Waals surface area contributed by atoms with Gasteiger partial charge in [-0.25, -0.2) is 4.98 Å². The van der Waals surface area contributed by atoms with Gasteiger partial charge in [0, 0.05) is 18.2 Å². The summed E-state index contributed by atoms with van der Waals surface area (Å²) in [4.78, 5) is 16.1. The molecule has 0 radical (unpaired) electrons. The van der Waals surface area contributed by atoms with E-state index in [0.29, 0.717) is 12.0 Å². The van der Waals surface area contributed by atoms with E-state index in [4.69, 9.17) is 0 Å². The van der Waals surface area contributed by atoms with Crippen LogP contribution in [0.4, 0.5) is 0 Å². The third-order valence-electron chi connectivity index (χ3n) is 2.42. The van der Waals surface area contributed by atoms with Gasteiger partial charge in [-0.2, -0.15) is 0 Å². The first-order chi connectivity index (χ1) is 8.92. The SMILES string of the molecule is CC=CCCC(=O)c1ccc(C#C[Si](C)(C)C)nc1. The Morgan fingerprint density at radius 2 is 2.11 bits per heavy atom. The van der Waals surface area contributed by atoms with Crippen molar-refractivity contribution in [3.63, 3.8) is 0 Å². The maximum atomic E-state index is 11.8. The zero-order chi connectivity index (χ0) is 14.3. The number of aromatic nitrogens is 1. The maximum absolute atomic E-state index is 11.8. The highest BCUT2D eigenvalue weighted by Gasteiger charge is 2.08. The van der Waals surface area contributed by atoms with E-state index in [-0.39, 0.29) is 5.78 Å². The lowest BCUT2D eigenvalue weighted by atomic mass is 10.1. The molecule has 0 aliphatic carbocycles. The van der Waals surface area contributed by atoms with Gasteiger partial charge in [0.05, 0.1) is 0 Å². The molecule has 0 aliphatic heterocycles. The molecule has 1 aromatic heterocycles. The van der Waals surface area contributed by atoms with E-state index in [1.165, 1.54) is 0 Å². The fourth-order valence-corrected chi connectivity index (χ4v) is 1.91. The second kappa shape index (κ2) is 7.06. The molecule has 0 atom stereocenters. The summed E-state index contributed by atoms with van der Waals surface area (Å²) in [5.41, 5.74) is 4.67. The average Bonchev–Trinajstić information content (AvgIpc) is 2.36. The van der Waals surface area contributed by atoms with E-state index in [1.54, 1.807) is 6.20 Å². The Labute approximate surface area is 117 Å². The van der Waals surface area contributed by atoms with Gasteiger partial charge >= 0.3 is 0 Å². The summed E-state index contributed by atoms with van der Waals surface area (Å²) in [7, 11) is -1.37. The third kappa shape index (κ3) is 6.17. The Kier molecular flexibility index (Phi) is 5.72. The Bertz CT molecular complexity index is 512. The highest BCUT2D eigenvalue weighted by molar-refractivity contribution is 6.83. The van der Waals surface area contributed by atoms with Gasteiger partial charge in [0.15, 0.2) is 5.78 Å². The monoisotopic (exact) mass is 271 g/mol. The normalized spacial score (nSPS) is 11.2. The van der Waals surface area contributed by atoms with Gasteiger partial charge in [0.25, 0.3) is 0 Å². The number of nitrogens with zero attached hydrogens (tertiary/aromatic N) is 1. The molecule has 0 amide bonds. The average molecular weight is 271 g/mol. The molecule has 0 unspecified atom stereocenters. The number of hydrogen-bond donors (Lipinski definition) is 0. The highest BCUT2D eigenvalue weighted by Crippen LogP contribution is 2.06.